The van der Waals surface area contributed by atoms with Crippen LogP contribution in [0.15, 0.2) is 15.8 Å². The van der Waals surface area contributed by atoms with E-state index in [-0.39, 0.29) is 22.6 Å². The van der Waals surface area contributed by atoms with Gasteiger partial charge in [0, 0.05) is 21.0 Å². The number of aryl methyl sites for hydroxylation is 1. The second-order valence-electron chi connectivity index (χ2n) is 3.69. The minimum absolute atomic E-state index is 0.0160. The zero-order valence-electron chi connectivity index (χ0n) is 9.59. The van der Waals surface area contributed by atoms with Crippen LogP contribution >= 0.6 is 0 Å². The Bertz CT molecular complexity index is 742. The highest BCUT2D eigenvalue weighted by Crippen LogP contribution is 2.02. The third-order valence-electron chi connectivity index (χ3n) is 2.51. The monoisotopic (exact) mass is 234 g/mol. The second-order valence-corrected chi connectivity index (χ2v) is 3.69. The quantitative estimate of drug-likeness (QED) is 0.605. The maximum atomic E-state index is 11.8. The lowest BCUT2D eigenvalue weighted by molar-refractivity contribution is 0.101. The summed E-state index contributed by atoms with van der Waals surface area (Å²) in [6.45, 7) is 1.34. The van der Waals surface area contributed by atoms with Crippen molar-refractivity contribution >= 4 is 16.9 Å². The normalized spacial score (nSPS) is 10.8. The van der Waals surface area contributed by atoms with Crippen LogP contribution in [0.4, 0.5) is 0 Å². The van der Waals surface area contributed by atoms with E-state index in [0.717, 1.165) is 4.57 Å². The summed E-state index contributed by atoms with van der Waals surface area (Å²) in [7, 11) is 2.85. The van der Waals surface area contributed by atoms with Gasteiger partial charge in [-0.2, -0.15) is 0 Å². The number of aromatic nitrogens is 4. The van der Waals surface area contributed by atoms with E-state index in [1.54, 1.807) is 0 Å². The Morgan fingerprint density at radius 2 is 1.88 bits per heavy atom. The first-order valence-electron chi connectivity index (χ1n) is 4.87. The smallest absolute Gasteiger partial charge is 0.293 e. The molecule has 0 atom stereocenters. The Hall–Kier alpha value is -2.31. The molecule has 0 aliphatic rings. The van der Waals surface area contributed by atoms with E-state index in [0.29, 0.717) is 0 Å². The van der Waals surface area contributed by atoms with E-state index in [9.17, 15) is 14.4 Å². The molecule has 0 radical (unpaired) electrons. The summed E-state index contributed by atoms with van der Waals surface area (Å²) in [4.78, 5) is 42.4. The van der Waals surface area contributed by atoms with Gasteiger partial charge >= 0.3 is 5.69 Å². The molecule has 0 fully saturated rings. The number of nitrogens with zero attached hydrogens (tertiary/aromatic N) is 4. The molecule has 7 nitrogen and oxygen atoms in total. The van der Waals surface area contributed by atoms with E-state index in [1.807, 2.05) is 0 Å². The Morgan fingerprint density at radius 1 is 1.24 bits per heavy atom. The van der Waals surface area contributed by atoms with Gasteiger partial charge in [-0.05, 0) is 0 Å². The van der Waals surface area contributed by atoms with Gasteiger partial charge in [-0.3, -0.25) is 18.7 Å². The summed E-state index contributed by atoms with van der Waals surface area (Å²) in [5.74, 6) is -0.282. The van der Waals surface area contributed by atoms with Crippen molar-refractivity contribution < 1.29 is 4.79 Å². The van der Waals surface area contributed by atoms with Crippen molar-refractivity contribution in [2.24, 2.45) is 14.1 Å². The van der Waals surface area contributed by atoms with Crippen LogP contribution in [-0.2, 0) is 14.1 Å². The standard InChI is InChI=1S/C10H10N4O3/c1-5(15)6-4-11-8-7(12-6)9(16)14(3)10(17)13(8)2/h4H,1-3H3. The Balaban J connectivity index is 3.02. The molecule has 0 saturated carbocycles. The molecule has 7 heteroatoms. The largest absolute Gasteiger partial charge is 0.332 e. The van der Waals surface area contributed by atoms with Crippen molar-refractivity contribution in [3.05, 3.63) is 32.7 Å². The van der Waals surface area contributed by atoms with Crippen molar-refractivity contribution in [3.8, 4) is 0 Å². The molecular formula is C10H10N4O3. The van der Waals surface area contributed by atoms with Crippen LogP contribution in [0.5, 0.6) is 0 Å². The number of rotatable bonds is 1. The van der Waals surface area contributed by atoms with Gasteiger partial charge < -0.3 is 0 Å². The Labute approximate surface area is 95.4 Å². The first-order valence-corrected chi connectivity index (χ1v) is 4.87. The predicted molar refractivity (Wildman–Crippen MR) is 60.0 cm³/mol. The van der Waals surface area contributed by atoms with Gasteiger partial charge in [0.25, 0.3) is 5.56 Å². The van der Waals surface area contributed by atoms with Crippen molar-refractivity contribution in [1.29, 1.82) is 0 Å². The SMILES string of the molecule is CC(=O)c1cnc2c(n1)c(=O)n(C)c(=O)n2C. The van der Waals surface area contributed by atoms with Crippen molar-refractivity contribution in [2.45, 2.75) is 6.92 Å². The highest BCUT2D eigenvalue weighted by molar-refractivity contribution is 5.93. The minimum atomic E-state index is -0.557. The highest BCUT2D eigenvalue weighted by Gasteiger charge is 2.12. The fourth-order valence-corrected chi connectivity index (χ4v) is 1.50. The summed E-state index contributed by atoms with van der Waals surface area (Å²) in [5.41, 5.74) is -0.746. The maximum Gasteiger partial charge on any atom is 0.332 e. The first kappa shape index (κ1) is 11.2. The number of fused-ring (bicyclic) bond motifs is 1. The molecule has 0 aliphatic carbocycles. The highest BCUT2D eigenvalue weighted by atomic mass is 16.2. The van der Waals surface area contributed by atoms with E-state index >= 15 is 0 Å². The van der Waals surface area contributed by atoms with Crippen molar-refractivity contribution in [3.63, 3.8) is 0 Å². The molecule has 0 N–H and O–H groups in total. The third kappa shape index (κ3) is 1.55. The van der Waals surface area contributed by atoms with E-state index in [2.05, 4.69) is 9.97 Å². The summed E-state index contributed by atoms with van der Waals surface area (Å²) < 4.78 is 2.15. The lowest BCUT2D eigenvalue weighted by atomic mass is 10.3. The lowest BCUT2D eigenvalue weighted by Crippen LogP contribution is -2.37. The zero-order chi connectivity index (χ0) is 12.7. The van der Waals surface area contributed by atoms with Gasteiger partial charge in [0.1, 0.15) is 5.69 Å². The molecule has 0 unspecified atom stereocenters. The van der Waals surface area contributed by atoms with Crippen LogP contribution in [0.2, 0.25) is 0 Å². The first-order chi connectivity index (χ1) is 7.93. The van der Waals surface area contributed by atoms with Gasteiger partial charge in [0.15, 0.2) is 16.9 Å². The van der Waals surface area contributed by atoms with Crippen LogP contribution in [-0.4, -0.2) is 24.9 Å². The number of hydrogen-bond donors (Lipinski definition) is 0. The predicted octanol–water partition coefficient (Wildman–Crippen LogP) is -0.770. The van der Waals surface area contributed by atoms with Crippen LogP contribution in [0, 0.1) is 0 Å². The van der Waals surface area contributed by atoms with Gasteiger partial charge in [-0.1, -0.05) is 0 Å². The average Bonchev–Trinajstić information content (AvgIpc) is 2.32. The minimum Gasteiger partial charge on any atom is -0.293 e. The van der Waals surface area contributed by atoms with Crippen LogP contribution < -0.4 is 11.2 Å². The molecule has 2 rings (SSSR count). The number of Topliss-reactive ketones (excluding diaryl/α,β-unsaturated/α-hetero) is 1. The lowest BCUT2D eigenvalue weighted by Gasteiger charge is -2.05. The summed E-state index contributed by atoms with van der Waals surface area (Å²) >= 11 is 0. The molecule has 0 aromatic carbocycles. The molecule has 0 aliphatic heterocycles. The fraction of sp³-hybridized carbons (Fsp3) is 0.300. The number of carbonyl (C=O) groups excluding carboxylic acids is 1. The topological polar surface area (TPSA) is 86.8 Å². The molecule has 0 saturated heterocycles. The van der Waals surface area contributed by atoms with Crippen LogP contribution in [0.25, 0.3) is 11.2 Å². The van der Waals surface area contributed by atoms with Gasteiger partial charge in [-0.15, -0.1) is 0 Å². The fourth-order valence-electron chi connectivity index (χ4n) is 1.50. The van der Waals surface area contributed by atoms with E-state index < -0.39 is 11.2 Å². The third-order valence-corrected chi connectivity index (χ3v) is 2.51. The summed E-state index contributed by atoms with van der Waals surface area (Å²) in [6.07, 6.45) is 1.25. The molecule has 0 spiro atoms. The summed E-state index contributed by atoms with van der Waals surface area (Å²) in [5, 5.41) is 0. The maximum absolute atomic E-state index is 11.8. The van der Waals surface area contributed by atoms with Crippen molar-refractivity contribution in [1.82, 2.24) is 19.1 Å². The van der Waals surface area contributed by atoms with Gasteiger partial charge in [-0.25, -0.2) is 14.8 Å². The Kier molecular flexibility index (Phi) is 2.38. The van der Waals surface area contributed by atoms with Crippen LogP contribution in [0.1, 0.15) is 17.4 Å². The van der Waals surface area contributed by atoms with Crippen LogP contribution in [0.3, 0.4) is 0 Å². The number of ketones is 1. The molecule has 2 heterocycles. The summed E-state index contributed by atoms with van der Waals surface area (Å²) in [6, 6.07) is 0. The number of carbonyl (C=O) groups is 1. The van der Waals surface area contributed by atoms with Gasteiger partial charge in [0.05, 0.1) is 6.20 Å². The van der Waals surface area contributed by atoms with E-state index in [1.165, 1.54) is 31.8 Å². The molecular weight excluding hydrogens is 224 g/mol. The van der Waals surface area contributed by atoms with Crippen molar-refractivity contribution in [2.75, 3.05) is 0 Å². The second kappa shape index (κ2) is 3.62. The molecule has 2 aromatic heterocycles. The molecule has 17 heavy (non-hydrogen) atoms. The van der Waals surface area contributed by atoms with E-state index in [4.69, 9.17) is 0 Å². The number of hydrogen-bond acceptors (Lipinski definition) is 5. The molecule has 0 bridgehead atoms. The molecule has 0 amide bonds. The molecule has 2 aromatic rings. The average molecular weight is 234 g/mol. The zero-order valence-corrected chi connectivity index (χ0v) is 9.59. The Morgan fingerprint density at radius 3 is 2.47 bits per heavy atom. The molecule has 88 valence electrons. The van der Waals surface area contributed by atoms with Gasteiger partial charge in [0.2, 0.25) is 0 Å².